The molecule has 4 nitrogen and oxygen atoms in total. The molecule has 0 unspecified atom stereocenters. The van der Waals surface area contributed by atoms with E-state index in [1.54, 1.807) is 0 Å². The summed E-state index contributed by atoms with van der Waals surface area (Å²) < 4.78 is 9.64. The van der Waals surface area contributed by atoms with Crippen molar-refractivity contribution >= 4 is 33.5 Å². The average Bonchev–Trinajstić information content (AvgIpc) is 3.59. The van der Waals surface area contributed by atoms with E-state index in [0.29, 0.717) is 45.3 Å². The Morgan fingerprint density at radius 2 is 0.825 bits per heavy atom. The zero-order chi connectivity index (χ0) is 31.5. The molecule has 0 aromatic heterocycles. The van der Waals surface area contributed by atoms with E-state index < -0.39 is 37.3 Å². The number of rotatable bonds is 12. The second kappa shape index (κ2) is 24.0. The Kier molecular flexibility index (Phi) is 26.4. The molecule has 2 aliphatic rings. The van der Waals surface area contributed by atoms with Gasteiger partial charge in [-0.15, -0.1) is 12.1 Å². The van der Waals surface area contributed by atoms with E-state index >= 15 is 0 Å². The van der Waals surface area contributed by atoms with Crippen molar-refractivity contribution in [1.29, 1.82) is 0 Å². The van der Waals surface area contributed by atoms with Gasteiger partial charge in [0.25, 0.3) is 0 Å². The minimum absolute atomic E-state index is 0.417. The van der Waals surface area contributed by atoms with Gasteiger partial charge in [0.2, 0.25) is 0 Å². The molecule has 0 saturated carbocycles. The molecular weight excluding hydrogens is 651 g/mol. The molecule has 242 valence electrons. The molecule has 0 aromatic rings. The molecule has 0 aliphatic carbocycles. The Balaban J connectivity index is 0. The normalized spacial score (nSPS) is 17.4. The predicted octanol–water partition coefficient (Wildman–Crippen LogP) is 12.5. The molecule has 2 aliphatic heterocycles. The summed E-state index contributed by atoms with van der Waals surface area (Å²) in [6, 6.07) is 0.835. The molecular formula is C31H66Cl2N2O2Si2Zr-4. The number of ether oxygens (including phenoxy) is 2. The van der Waals surface area contributed by atoms with Gasteiger partial charge in [-0.25, -0.2) is 13.2 Å². The van der Waals surface area contributed by atoms with Gasteiger partial charge in [-0.1, -0.05) is 149 Å². The third-order valence-corrected chi connectivity index (χ3v) is 21.4. The Labute approximate surface area is 272 Å². The van der Waals surface area contributed by atoms with E-state index in [0.717, 1.165) is 32.5 Å². The number of halogens is 2. The van der Waals surface area contributed by atoms with Crippen molar-refractivity contribution in [3.8, 4) is 0 Å². The summed E-state index contributed by atoms with van der Waals surface area (Å²) in [6.45, 7) is 39.2. The van der Waals surface area contributed by atoms with Crippen molar-refractivity contribution in [2.45, 2.75) is 174 Å². The van der Waals surface area contributed by atoms with Crippen LogP contribution < -0.4 is 0 Å². The van der Waals surface area contributed by atoms with Crippen molar-refractivity contribution in [3.05, 3.63) is 23.2 Å². The molecule has 0 bridgehead atoms. The average molecular weight is 717 g/mol. The molecule has 2 atom stereocenters. The minimum atomic E-state index is -1.69. The van der Waals surface area contributed by atoms with Crippen LogP contribution in [0.2, 0.25) is 33.2 Å². The summed E-state index contributed by atoms with van der Waals surface area (Å²) in [5.41, 5.74) is 4.18. The fraction of sp³-hybridized carbons (Fsp3) is 0.935. The first-order valence-corrected chi connectivity index (χ1v) is 26.5. The van der Waals surface area contributed by atoms with E-state index in [9.17, 15) is 0 Å². The first kappa shape index (κ1) is 43.9. The molecule has 0 aromatic carbocycles. The van der Waals surface area contributed by atoms with Crippen molar-refractivity contribution in [2.24, 2.45) is 0 Å². The van der Waals surface area contributed by atoms with Crippen LogP contribution in [0.3, 0.4) is 0 Å². The van der Waals surface area contributed by atoms with Crippen LogP contribution in [-0.4, -0.2) is 41.8 Å². The maximum atomic E-state index is 5.61. The van der Waals surface area contributed by atoms with E-state index in [1.807, 2.05) is 13.2 Å². The van der Waals surface area contributed by atoms with Crippen LogP contribution in [0.1, 0.15) is 129 Å². The van der Waals surface area contributed by atoms with Crippen LogP contribution in [-0.2, 0) is 30.3 Å². The molecule has 2 heterocycles. The third-order valence-electron chi connectivity index (χ3n) is 8.52. The number of nitrogens with zero attached hydrogens (tertiary/aromatic N) is 2. The zero-order valence-corrected chi connectivity index (χ0v) is 34.7. The van der Waals surface area contributed by atoms with Gasteiger partial charge >= 0.3 is 37.9 Å². The standard InChI is InChI=1S/C23H52N2Si2.2C4H7O.2ClH.Zr/c1-16(2)26(17(3)4,18(5)6)24-22(13)15-23(14)25-27(19(7)8,20(9)10)21(11)12;2*1-2-4-5-3-1;;;/h16-23H,15H2,1-14H3;2*3H,1-2,4H2;2*1H;/q-2;2*-1;;;+2/p-2/t22-,23-;;;;;/m1...../s1. The summed E-state index contributed by atoms with van der Waals surface area (Å²) in [6.07, 6.45) is 5.86. The van der Waals surface area contributed by atoms with Crippen LogP contribution in [0.25, 0.3) is 9.96 Å². The fourth-order valence-corrected chi connectivity index (χ4v) is 18.6. The Morgan fingerprint density at radius 3 is 0.950 bits per heavy atom. The maximum absolute atomic E-state index is 5.61. The topological polar surface area (TPSA) is 46.7 Å². The summed E-state index contributed by atoms with van der Waals surface area (Å²) in [4.78, 5) is 11.2. The fourth-order valence-electron chi connectivity index (χ4n) is 7.09. The molecule has 0 N–H and O–H groups in total. The van der Waals surface area contributed by atoms with Crippen molar-refractivity contribution in [3.63, 3.8) is 0 Å². The van der Waals surface area contributed by atoms with Gasteiger partial charge in [0, 0.05) is 13.2 Å². The summed E-state index contributed by atoms with van der Waals surface area (Å²) >= 11 is -0.826. The Bertz CT molecular complexity index is 485. The molecule has 0 amide bonds. The van der Waals surface area contributed by atoms with Crippen molar-refractivity contribution < 1.29 is 30.3 Å². The van der Waals surface area contributed by atoms with Gasteiger partial charge in [0.15, 0.2) is 0 Å². The van der Waals surface area contributed by atoms with Crippen molar-refractivity contribution in [2.75, 3.05) is 13.2 Å². The monoisotopic (exact) mass is 714 g/mol. The first-order chi connectivity index (χ1) is 18.6. The quantitative estimate of drug-likeness (QED) is 0.149. The Morgan fingerprint density at radius 1 is 0.575 bits per heavy atom. The second-order valence-corrected chi connectivity index (χ2v) is 28.1. The number of hydrogen-bond acceptors (Lipinski definition) is 2. The van der Waals surface area contributed by atoms with E-state index in [4.69, 9.17) is 36.5 Å². The number of hydrogen-bond donors (Lipinski definition) is 0. The molecule has 2 fully saturated rings. The summed E-state index contributed by atoms with van der Waals surface area (Å²) in [7, 11) is 6.49. The van der Waals surface area contributed by atoms with Crippen LogP contribution >= 0.6 is 17.0 Å². The van der Waals surface area contributed by atoms with Gasteiger partial charge in [-0.05, 0) is 16.5 Å². The molecule has 9 heteroatoms. The SMILES string of the molecule is CC(C)[Si]([N-][C@H](C)C[C@@H](C)[N-][Si](C(C)C)(C(C)C)C(C)C)(C(C)C)C(C)C.[CH-]1CCCO1.[CH-]1CCCO1.[Cl][Zr][Cl]. The molecule has 2 rings (SSSR count). The van der Waals surface area contributed by atoms with E-state index in [1.165, 1.54) is 12.8 Å². The van der Waals surface area contributed by atoms with E-state index in [-0.39, 0.29) is 0 Å². The molecule has 0 radical (unpaired) electrons. The summed E-state index contributed by atoms with van der Waals surface area (Å²) in [5.74, 6) is 0. The third kappa shape index (κ3) is 15.6. The van der Waals surface area contributed by atoms with Crippen LogP contribution in [0, 0.1) is 13.2 Å². The van der Waals surface area contributed by atoms with Crippen LogP contribution in [0.15, 0.2) is 0 Å². The van der Waals surface area contributed by atoms with Gasteiger partial charge in [-0.2, -0.15) is 12.8 Å². The predicted molar refractivity (Wildman–Crippen MR) is 183 cm³/mol. The summed E-state index contributed by atoms with van der Waals surface area (Å²) in [5, 5.41) is 0. The van der Waals surface area contributed by atoms with Crippen LogP contribution in [0.4, 0.5) is 0 Å². The van der Waals surface area contributed by atoms with Gasteiger partial charge in [-0.3, -0.25) is 0 Å². The van der Waals surface area contributed by atoms with Crippen molar-refractivity contribution in [1.82, 2.24) is 0 Å². The Hall–Kier alpha value is 1.74. The zero-order valence-electron chi connectivity index (χ0n) is 28.7. The first-order valence-electron chi connectivity index (χ1n) is 15.8. The second-order valence-electron chi connectivity index (χ2n) is 13.3. The molecule has 2 saturated heterocycles. The van der Waals surface area contributed by atoms with Gasteiger partial charge in [0.1, 0.15) is 0 Å². The molecule has 40 heavy (non-hydrogen) atoms. The van der Waals surface area contributed by atoms with Gasteiger partial charge in [0.05, 0.1) is 0 Å². The van der Waals surface area contributed by atoms with Gasteiger partial charge < -0.3 is 19.4 Å². The van der Waals surface area contributed by atoms with E-state index in [2.05, 4.69) is 96.9 Å². The molecule has 0 spiro atoms. The van der Waals surface area contributed by atoms with Crippen LogP contribution in [0.5, 0.6) is 0 Å².